The van der Waals surface area contributed by atoms with E-state index in [2.05, 4.69) is 161 Å². The maximum absolute atomic E-state index is 4.73. The first kappa shape index (κ1) is 26.2. The second kappa shape index (κ2) is 8.62. The largest absolute Gasteiger partial charge is 0.310 e. The van der Waals surface area contributed by atoms with E-state index in [9.17, 15) is 0 Å². The van der Waals surface area contributed by atoms with Crippen molar-refractivity contribution in [2.24, 2.45) is 0 Å². The molecule has 1 aliphatic carbocycles. The Hall–Kier alpha value is -6.65. The van der Waals surface area contributed by atoms with E-state index >= 15 is 0 Å². The van der Waals surface area contributed by atoms with E-state index in [0.717, 1.165) is 5.56 Å². The van der Waals surface area contributed by atoms with Crippen LogP contribution in [0.15, 0.2) is 158 Å². The number of benzene rings is 7. The minimum absolute atomic E-state index is 0.0619. The van der Waals surface area contributed by atoms with E-state index in [1.165, 1.54) is 110 Å². The average molecular weight is 656 g/mol. The molecule has 3 nitrogen and oxygen atoms in total. The van der Waals surface area contributed by atoms with E-state index in [-0.39, 0.29) is 6.71 Å². The van der Waals surface area contributed by atoms with Crippen molar-refractivity contribution in [1.29, 1.82) is 0 Å². The first-order chi connectivity index (χ1) is 25.9. The molecular weight excluding hydrogens is 629 g/mol. The Kier molecular flexibility index (Phi) is 4.34. The fourth-order valence-electron chi connectivity index (χ4n) is 11.3. The van der Waals surface area contributed by atoms with Crippen LogP contribution >= 0.6 is 0 Å². The molecule has 3 aromatic heterocycles. The second-order valence-corrected chi connectivity index (χ2v) is 15.0. The third-order valence-corrected chi connectivity index (χ3v) is 13.0. The number of nitrogens with zero attached hydrogens (tertiary/aromatic N) is 3. The lowest BCUT2D eigenvalue weighted by Crippen LogP contribution is -2.60. The average Bonchev–Trinajstić information content (AvgIpc) is 3.84. The zero-order chi connectivity index (χ0) is 33.4. The summed E-state index contributed by atoms with van der Waals surface area (Å²) in [6, 6.07) is 55.3. The maximum Gasteiger partial charge on any atom is 0.252 e. The Labute approximate surface area is 299 Å². The van der Waals surface area contributed by atoms with Crippen molar-refractivity contribution in [2.45, 2.75) is 5.41 Å². The molecule has 0 amide bonds. The Morgan fingerprint density at radius 2 is 1.08 bits per heavy atom. The van der Waals surface area contributed by atoms with Crippen molar-refractivity contribution in [3.05, 3.63) is 180 Å². The normalized spacial score (nSPS) is 14.7. The van der Waals surface area contributed by atoms with Gasteiger partial charge in [0.05, 0.1) is 22.1 Å². The molecule has 0 saturated heterocycles. The van der Waals surface area contributed by atoms with E-state index in [4.69, 9.17) is 4.98 Å². The van der Waals surface area contributed by atoms with Gasteiger partial charge in [-0.15, -0.1) is 0 Å². The van der Waals surface area contributed by atoms with Crippen molar-refractivity contribution in [1.82, 2.24) is 14.1 Å². The number of hydrogen-bond donors (Lipinski definition) is 0. The molecule has 0 bridgehead atoms. The van der Waals surface area contributed by atoms with Crippen molar-refractivity contribution >= 4 is 66.7 Å². The summed E-state index contributed by atoms with van der Waals surface area (Å²) in [5.41, 5.74) is 22.0. The van der Waals surface area contributed by atoms with Gasteiger partial charge in [-0.2, -0.15) is 0 Å². The lowest BCUT2D eigenvalue weighted by molar-refractivity contribution is 0.749. The van der Waals surface area contributed by atoms with Crippen LogP contribution in [0, 0.1) is 0 Å². The Morgan fingerprint density at radius 3 is 1.83 bits per heavy atom. The predicted molar refractivity (Wildman–Crippen MR) is 214 cm³/mol. The van der Waals surface area contributed by atoms with Crippen LogP contribution in [0.1, 0.15) is 22.3 Å². The number of pyridine rings is 1. The molecule has 14 rings (SSSR count). The van der Waals surface area contributed by atoms with Gasteiger partial charge in [-0.3, -0.25) is 4.98 Å². The van der Waals surface area contributed by atoms with Gasteiger partial charge in [-0.05, 0) is 68.0 Å². The van der Waals surface area contributed by atoms with E-state index in [1.807, 2.05) is 6.20 Å². The lowest BCUT2D eigenvalue weighted by atomic mass is 9.33. The summed E-state index contributed by atoms with van der Waals surface area (Å²) in [6.07, 6.45) is 3.95. The Bertz CT molecular complexity index is 3270. The van der Waals surface area contributed by atoms with Gasteiger partial charge in [-0.1, -0.05) is 127 Å². The smallest absolute Gasteiger partial charge is 0.252 e. The number of rotatable bonds is 1. The third kappa shape index (κ3) is 2.62. The van der Waals surface area contributed by atoms with Gasteiger partial charge in [0.2, 0.25) is 0 Å². The molecule has 0 atom stereocenters. The van der Waals surface area contributed by atoms with E-state index in [1.54, 1.807) is 0 Å². The van der Waals surface area contributed by atoms with Crippen molar-refractivity contribution in [2.75, 3.05) is 0 Å². The minimum atomic E-state index is -0.508. The minimum Gasteiger partial charge on any atom is -0.310 e. The molecule has 1 spiro atoms. The van der Waals surface area contributed by atoms with Gasteiger partial charge in [-0.25, -0.2) is 0 Å². The third-order valence-electron chi connectivity index (χ3n) is 13.0. The number of aromatic nitrogens is 3. The summed E-state index contributed by atoms with van der Waals surface area (Å²) >= 11 is 0. The van der Waals surface area contributed by atoms with Gasteiger partial charge < -0.3 is 9.13 Å². The molecular formula is C48H26BN3. The zero-order valence-electron chi connectivity index (χ0n) is 27.9. The van der Waals surface area contributed by atoms with Crippen LogP contribution in [-0.2, 0) is 5.41 Å². The SMILES string of the molecule is c1cncc(-c2cc3c4c5c2-n2c6ccccc6c6cccc(c62)B5c2cccc5c6cccc(c6n-4c25)C32c3ccccc3-c3ccccc32)c1. The highest BCUT2D eigenvalue weighted by Gasteiger charge is 2.54. The number of para-hydroxylation sites is 4. The Morgan fingerprint density at radius 1 is 0.462 bits per heavy atom. The monoisotopic (exact) mass is 655 g/mol. The van der Waals surface area contributed by atoms with Gasteiger partial charge in [0.25, 0.3) is 6.71 Å². The summed E-state index contributed by atoms with van der Waals surface area (Å²) in [5.74, 6) is 0. The highest BCUT2D eigenvalue weighted by molar-refractivity contribution is 7.00. The summed E-state index contributed by atoms with van der Waals surface area (Å²) in [4.78, 5) is 4.73. The van der Waals surface area contributed by atoms with Gasteiger partial charge >= 0.3 is 0 Å². The second-order valence-electron chi connectivity index (χ2n) is 15.0. The highest BCUT2D eigenvalue weighted by Crippen LogP contribution is 2.62. The summed E-state index contributed by atoms with van der Waals surface area (Å²) in [6.45, 7) is 0.0619. The van der Waals surface area contributed by atoms with E-state index < -0.39 is 5.41 Å². The molecule has 0 unspecified atom stereocenters. The molecule has 0 saturated carbocycles. The number of hydrogen-bond acceptors (Lipinski definition) is 1. The highest BCUT2D eigenvalue weighted by atomic mass is 15.1. The molecule has 6 heterocycles. The van der Waals surface area contributed by atoms with Crippen molar-refractivity contribution < 1.29 is 0 Å². The molecule has 10 aromatic rings. The molecule has 7 aromatic carbocycles. The van der Waals surface area contributed by atoms with Crippen LogP contribution < -0.4 is 16.4 Å². The fraction of sp³-hybridized carbons (Fsp3) is 0.0208. The topological polar surface area (TPSA) is 22.8 Å². The molecule has 236 valence electrons. The summed E-state index contributed by atoms with van der Waals surface area (Å²) in [7, 11) is 0. The summed E-state index contributed by atoms with van der Waals surface area (Å²) < 4.78 is 5.28. The van der Waals surface area contributed by atoms with Crippen LogP contribution in [0.5, 0.6) is 0 Å². The molecule has 3 aliphatic heterocycles. The van der Waals surface area contributed by atoms with Crippen molar-refractivity contribution in [3.8, 4) is 33.6 Å². The van der Waals surface area contributed by atoms with Gasteiger partial charge in [0.15, 0.2) is 0 Å². The zero-order valence-corrected chi connectivity index (χ0v) is 27.9. The number of fused-ring (bicyclic) bond motifs is 14. The molecule has 0 N–H and O–H groups in total. The van der Waals surface area contributed by atoms with Crippen LogP contribution in [0.3, 0.4) is 0 Å². The molecule has 0 fully saturated rings. The van der Waals surface area contributed by atoms with Gasteiger partial charge in [0.1, 0.15) is 0 Å². The maximum atomic E-state index is 4.73. The fourth-order valence-corrected chi connectivity index (χ4v) is 11.3. The molecule has 52 heavy (non-hydrogen) atoms. The Balaban J connectivity index is 1.32. The van der Waals surface area contributed by atoms with Crippen LogP contribution in [0.4, 0.5) is 0 Å². The van der Waals surface area contributed by atoms with Crippen LogP contribution in [0.2, 0.25) is 0 Å². The van der Waals surface area contributed by atoms with Crippen molar-refractivity contribution in [3.63, 3.8) is 0 Å². The van der Waals surface area contributed by atoms with Gasteiger partial charge in [0, 0.05) is 61.8 Å². The first-order valence-electron chi connectivity index (χ1n) is 18.3. The van der Waals surface area contributed by atoms with Crippen LogP contribution in [0.25, 0.3) is 77.2 Å². The van der Waals surface area contributed by atoms with Crippen LogP contribution in [-0.4, -0.2) is 20.8 Å². The predicted octanol–water partition coefficient (Wildman–Crippen LogP) is 8.76. The van der Waals surface area contributed by atoms with E-state index in [0.29, 0.717) is 0 Å². The lowest BCUT2D eigenvalue weighted by Gasteiger charge is -2.44. The quantitative estimate of drug-likeness (QED) is 0.162. The molecule has 0 radical (unpaired) electrons. The standard InChI is InChI=1S/C48H26BN3/c1-4-18-35-28(12-1)29-13-2-5-19-36(29)48(35)37-20-7-15-32-33-17-9-22-40-45(33)52(43(32)37)47-38(48)25-34(27-11-10-24-50-26-27)46-42(47)49(40)39-21-8-16-31-30-14-3-6-23-41(30)51(46)44(31)39/h1-26H. The first-order valence-corrected chi connectivity index (χ1v) is 18.3. The molecule has 4 heteroatoms. The summed E-state index contributed by atoms with van der Waals surface area (Å²) in [5, 5.41) is 5.26. The molecule has 4 aliphatic rings.